The molecule has 0 aliphatic heterocycles. The molecule has 0 atom stereocenters. The maximum Gasteiger partial charge on any atom is 0.335 e. The van der Waals surface area contributed by atoms with Crippen molar-refractivity contribution in [3.8, 4) is 5.75 Å². The molecule has 0 saturated carbocycles. The van der Waals surface area contributed by atoms with Gasteiger partial charge >= 0.3 is 5.97 Å². The summed E-state index contributed by atoms with van der Waals surface area (Å²) in [6.07, 6.45) is 0. The fraction of sp³-hybridized carbons (Fsp3) is 0.333. The second-order valence-electron chi connectivity index (χ2n) is 4.21. The highest BCUT2D eigenvalue weighted by Crippen LogP contribution is 2.25. The van der Waals surface area contributed by atoms with Gasteiger partial charge in [-0.25, -0.2) is 4.79 Å². The standard InChI is InChI=1S/C12H15NO5/c1-12(2,18-3)11(17)13-8-6-7(10(15)16)4-5-9(8)14/h4-6,14H,1-3H3,(H,13,17)(H,15,16). The Morgan fingerprint density at radius 1 is 1.33 bits per heavy atom. The smallest absolute Gasteiger partial charge is 0.335 e. The molecule has 3 N–H and O–H groups in total. The Bertz CT molecular complexity index is 481. The predicted molar refractivity (Wildman–Crippen MR) is 64.8 cm³/mol. The highest BCUT2D eigenvalue weighted by atomic mass is 16.5. The Balaban J connectivity index is 3.01. The normalized spacial score (nSPS) is 11.1. The third kappa shape index (κ3) is 2.98. The molecule has 6 heteroatoms. The van der Waals surface area contributed by atoms with Crippen molar-refractivity contribution in [1.29, 1.82) is 0 Å². The van der Waals surface area contributed by atoms with E-state index >= 15 is 0 Å². The van der Waals surface area contributed by atoms with Crippen LogP contribution in [0, 0.1) is 0 Å². The monoisotopic (exact) mass is 253 g/mol. The molecule has 0 bridgehead atoms. The van der Waals surface area contributed by atoms with Crippen molar-refractivity contribution in [2.45, 2.75) is 19.4 Å². The van der Waals surface area contributed by atoms with Crippen LogP contribution in [0.4, 0.5) is 5.69 Å². The van der Waals surface area contributed by atoms with Crippen LogP contribution in [0.15, 0.2) is 18.2 Å². The summed E-state index contributed by atoms with van der Waals surface area (Å²) in [6, 6.07) is 3.63. The number of hydrogen-bond acceptors (Lipinski definition) is 4. The lowest BCUT2D eigenvalue weighted by Crippen LogP contribution is -2.38. The van der Waals surface area contributed by atoms with Gasteiger partial charge in [-0.1, -0.05) is 0 Å². The topological polar surface area (TPSA) is 95.9 Å². The molecule has 1 rings (SSSR count). The summed E-state index contributed by atoms with van der Waals surface area (Å²) in [5.74, 6) is -1.83. The average Bonchev–Trinajstić information content (AvgIpc) is 2.31. The number of carboxylic acid groups (broad SMARTS) is 1. The number of ether oxygens (including phenoxy) is 1. The summed E-state index contributed by atoms with van der Waals surface area (Å²) in [5.41, 5.74) is -1.07. The predicted octanol–water partition coefficient (Wildman–Crippen LogP) is 1.45. The van der Waals surface area contributed by atoms with E-state index in [1.165, 1.54) is 25.3 Å². The van der Waals surface area contributed by atoms with Crippen molar-refractivity contribution in [2.75, 3.05) is 12.4 Å². The summed E-state index contributed by atoms with van der Waals surface area (Å²) in [5, 5.41) is 20.8. The first kappa shape index (κ1) is 14.0. The minimum atomic E-state index is -1.14. The zero-order valence-electron chi connectivity index (χ0n) is 10.4. The van der Waals surface area contributed by atoms with Gasteiger partial charge in [0.25, 0.3) is 5.91 Å². The number of phenols is 1. The molecule has 0 radical (unpaired) electrons. The lowest BCUT2D eigenvalue weighted by Gasteiger charge is -2.22. The maximum atomic E-state index is 11.8. The molecule has 0 fully saturated rings. The molecule has 6 nitrogen and oxygen atoms in total. The summed E-state index contributed by atoms with van der Waals surface area (Å²) in [4.78, 5) is 22.6. The number of methoxy groups -OCH3 is 1. The number of nitrogens with one attached hydrogen (secondary N) is 1. The van der Waals surface area contributed by atoms with Crippen molar-refractivity contribution >= 4 is 17.6 Å². The molecular weight excluding hydrogens is 238 g/mol. The zero-order chi connectivity index (χ0) is 13.9. The SMILES string of the molecule is COC(C)(C)C(=O)Nc1cc(C(=O)O)ccc1O. The van der Waals surface area contributed by atoms with Gasteiger partial charge in [0.05, 0.1) is 11.3 Å². The molecule has 0 aliphatic rings. The zero-order valence-corrected chi connectivity index (χ0v) is 10.4. The number of rotatable bonds is 4. The van der Waals surface area contributed by atoms with Crippen LogP contribution in [-0.2, 0) is 9.53 Å². The van der Waals surface area contributed by atoms with E-state index in [0.717, 1.165) is 0 Å². The van der Waals surface area contributed by atoms with E-state index < -0.39 is 17.5 Å². The van der Waals surface area contributed by atoms with E-state index in [2.05, 4.69) is 5.32 Å². The van der Waals surface area contributed by atoms with Crippen LogP contribution >= 0.6 is 0 Å². The van der Waals surface area contributed by atoms with Crippen LogP contribution < -0.4 is 5.32 Å². The molecule has 98 valence electrons. The lowest BCUT2D eigenvalue weighted by molar-refractivity contribution is -0.133. The Morgan fingerprint density at radius 2 is 1.94 bits per heavy atom. The fourth-order valence-electron chi connectivity index (χ4n) is 1.13. The van der Waals surface area contributed by atoms with Gasteiger partial charge in [-0.15, -0.1) is 0 Å². The van der Waals surface area contributed by atoms with Crippen molar-refractivity contribution in [2.24, 2.45) is 0 Å². The van der Waals surface area contributed by atoms with Crippen LogP contribution in [0.1, 0.15) is 24.2 Å². The number of hydrogen-bond donors (Lipinski definition) is 3. The molecule has 1 aromatic rings. The van der Waals surface area contributed by atoms with Gasteiger partial charge in [-0.2, -0.15) is 0 Å². The first-order valence-corrected chi connectivity index (χ1v) is 5.21. The van der Waals surface area contributed by atoms with Crippen molar-refractivity contribution < 1.29 is 24.5 Å². The van der Waals surface area contributed by atoms with Crippen LogP contribution in [0.25, 0.3) is 0 Å². The summed E-state index contributed by atoms with van der Waals surface area (Å²) >= 11 is 0. The Hall–Kier alpha value is -2.08. The van der Waals surface area contributed by atoms with E-state index in [-0.39, 0.29) is 17.0 Å². The number of amides is 1. The summed E-state index contributed by atoms with van der Waals surface area (Å²) in [7, 11) is 1.38. The van der Waals surface area contributed by atoms with Gasteiger partial charge in [0, 0.05) is 7.11 Å². The van der Waals surface area contributed by atoms with Gasteiger partial charge in [0.15, 0.2) is 0 Å². The number of carbonyl (C=O) groups is 2. The molecule has 0 saturated heterocycles. The molecule has 0 heterocycles. The first-order chi connectivity index (χ1) is 8.27. The number of phenolic OH excluding ortho intramolecular Hbond substituents is 1. The molecule has 0 unspecified atom stereocenters. The number of carboxylic acids is 1. The van der Waals surface area contributed by atoms with Crippen LogP contribution in [-0.4, -0.2) is 34.8 Å². The summed E-state index contributed by atoms with van der Waals surface area (Å²) in [6.45, 7) is 3.11. The van der Waals surface area contributed by atoms with Crippen molar-refractivity contribution in [3.05, 3.63) is 23.8 Å². The number of aromatic hydroxyl groups is 1. The lowest BCUT2D eigenvalue weighted by atomic mass is 10.1. The van der Waals surface area contributed by atoms with Gasteiger partial charge in [0.2, 0.25) is 0 Å². The molecule has 0 spiro atoms. The van der Waals surface area contributed by atoms with Gasteiger partial charge < -0.3 is 20.3 Å². The number of aromatic carboxylic acids is 1. The van der Waals surface area contributed by atoms with Gasteiger partial charge in [0.1, 0.15) is 11.4 Å². The number of anilines is 1. The number of benzene rings is 1. The van der Waals surface area contributed by atoms with E-state index in [9.17, 15) is 14.7 Å². The first-order valence-electron chi connectivity index (χ1n) is 5.21. The number of carbonyl (C=O) groups excluding carboxylic acids is 1. The van der Waals surface area contributed by atoms with E-state index in [0.29, 0.717) is 0 Å². The minimum absolute atomic E-state index is 0.0293. The Labute approximate surface area is 104 Å². The largest absolute Gasteiger partial charge is 0.506 e. The Morgan fingerprint density at radius 3 is 2.44 bits per heavy atom. The summed E-state index contributed by atoms with van der Waals surface area (Å²) < 4.78 is 4.98. The van der Waals surface area contributed by atoms with Crippen LogP contribution in [0.5, 0.6) is 5.75 Å². The van der Waals surface area contributed by atoms with Gasteiger partial charge in [-0.3, -0.25) is 4.79 Å². The third-order valence-corrected chi connectivity index (χ3v) is 2.55. The van der Waals surface area contributed by atoms with E-state index in [4.69, 9.17) is 9.84 Å². The highest BCUT2D eigenvalue weighted by molar-refractivity contribution is 5.99. The molecule has 0 aromatic heterocycles. The average molecular weight is 253 g/mol. The minimum Gasteiger partial charge on any atom is -0.506 e. The molecule has 18 heavy (non-hydrogen) atoms. The van der Waals surface area contributed by atoms with E-state index in [1.807, 2.05) is 0 Å². The fourth-order valence-corrected chi connectivity index (χ4v) is 1.13. The molecule has 1 aromatic carbocycles. The van der Waals surface area contributed by atoms with Crippen LogP contribution in [0.2, 0.25) is 0 Å². The van der Waals surface area contributed by atoms with Crippen molar-refractivity contribution in [3.63, 3.8) is 0 Å². The van der Waals surface area contributed by atoms with Gasteiger partial charge in [-0.05, 0) is 32.0 Å². The van der Waals surface area contributed by atoms with Crippen LogP contribution in [0.3, 0.4) is 0 Å². The Kier molecular flexibility index (Phi) is 3.93. The highest BCUT2D eigenvalue weighted by Gasteiger charge is 2.27. The van der Waals surface area contributed by atoms with E-state index in [1.54, 1.807) is 13.8 Å². The second kappa shape index (κ2) is 5.05. The molecule has 1 amide bonds. The molecule has 0 aliphatic carbocycles. The quantitative estimate of drug-likeness (QED) is 0.706. The third-order valence-electron chi connectivity index (χ3n) is 2.55. The second-order valence-corrected chi connectivity index (χ2v) is 4.21. The van der Waals surface area contributed by atoms with Crippen molar-refractivity contribution in [1.82, 2.24) is 0 Å². The maximum absolute atomic E-state index is 11.8. The molecular formula is C12H15NO5.